The van der Waals surface area contributed by atoms with E-state index in [1.807, 2.05) is 6.92 Å². The third kappa shape index (κ3) is 3.75. The molecule has 0 aliphatic carbocycles. The number of hydrogen-bond donors (Lipinski definition) is 1. The highest BCUT2D eigenvalue weighted by Gasteiger charge is 2.48. The first kappa shape index (κ1) is 20.2. The Morgan fingerprint density at radius 3 is 2.32 bits per heavy atom. The largest absolute Gasteiger partial charge is 0.507 e. The predicted octanol–water partition coefficient (Wildman–Crippen LogP) is 3.64. The van der Waals surface area contributed by atoms with Crippen LogP contribution in [0.4, 0.5) is 10.3 Å². The van der Waals surface area contributed by atoms with Crippen molar-refractivity contribution in [3.63, 3.8) is 0 Å². The molecule has 0 saturated carbocycles. The van der Waals surface area contributed by atoms with Crippen molar-refractivity contribution in [1.82, 2.24) is 9.97 Å². The van der Waals surface area contributed by atoms with Crippen molar-refractivity contribution in [2.45, 2.75) is 13.0 Å². The van der Waals surface area contributed by atoms with E-state index >= 15 is 0 Å². The van der Waals surface area contributed by atoms with E-state index in [-0.39, 0.29) is 17.3 Å². The summed E-state index contributed by atoms with van der Waals surface area (Å²) in [4.78, 5) is 35.1. The predicted molar refractivity (Wildman–Crippen MR) is 111 cm³/mol. The number of halogens is 1. The Kier molecular flexibility index (Phi) is 5.44. The number of carbonyl (C=O) groups excluding carboxylic acids is 2. The Bertz CT molecular complexity index is 1150. The van der Waals surface area contributed by atoms with Gasteiger partial charge in [-0.1, -0.05) is 12.1 Å². The van der Waals surface area contributed by atoms with Crippen molar-refractivity contribution >= 4 is 23.4 Å². The molecule has 0 radical (unpaired) electrons. The number of aromatic nitrogens is 2. The van der Waals surface area contributed by atoms with Crippen LogP contribution in [-0.4, -0.2) is 33.4 Å². The van der Waals surface area contributed by atoms with Crippen LogP contribution in [0.1, 0.15) is 24.1 Å². The van der Waals surface area contributed by atoms with Crippen molar-refractivity contribution in [3.8, 4) is 5.75 Å². The van der Waals surface area contributed by atoms with Crippen LogP contribution >= 0.6 is 0 Å². The van der Waals surface area contributed by atoms with Crippen LogP contribution in [0, 0.1) is 5.82 Å². The van der Waals surface area contributed by atoms with Gasteiger partial charge in [-0.25, -0.2) is 14.4 Å². The molecule has 1 aliphatic heterocycles. The number of carbonyl (C=O) groups is 2. The van der Waals surface area contributed by atoms with Crippen molar-refractivity contribution in [3.05, 3.63) is 89.5 Å². The number of benzene rings is 2. The van der Waals surface area contributed by atoms with Gasteiger partial charge in [0, 0.05) is 18.0 Å². The van der Waals surface area contributed by atoms with Crippen LogP contribution in [0.15, 0.2) is 72.6 Å². The zero-order chi connectivity index (χ0) is 22.0. The fourth-order valence-corrected chi connectivity index (χ4v) is 3.45. The molecule has 31 heavy (non-hydrogen) atoms. The third-order valence-corrected chi connectivity index (χ3v) is 4.84. The molecule has 3 aromatic rings. The fraction of sp³-hybridized carbons (Fsp3) is 0.130. The molecule has 1 unspecified atom stereocenters. The molecule has 2 heterocycles. The summed E-state index contributed by atoms with van der Waals surface area (Å²) in [7, 11) is 0. The minimum absolute atomic E-state index is 0.00432. The second kappa shape index (κ2) is 8.35. The zero-order valence-electron chi connectivity index (χ0n) is 16.5. The SMILES string of the molecule is CCOc1ccc(/C(O)=C2/C(=O)C(=O)N(c3ncccn3)C2c2ccc(F)cc2)cc1. The summed E-state index contributed by atoms with van der Waals surface area (Å²) in [6.45, 7) is 2.34. The molecule has 1 saturated heterocycles. The molecule has 156 valence electrons. The standard InChI is InChI=1S/C23H18FN3O4/c1-2-31-17-10-6-15(7-11-17)20(28)18-19(14-4-8-16(24)9-5-14)27(22(30)21(18)29)23-25-12-3-13-26-23/h3-13,19,28H,2H2,1H3/b20-18-. The van der Waals surface area contributed by atoms with Gasteiger partial charge in [0.1, 0.15) is 17.3 Å². The molecule has 8 heteroatoms. The van der Waals surface area contributed by atoms with E-state index < -0.39 is 23.5 Å². The number of nitrogens with zero attached hydrogens (tertiary/aromatic N) is 3. The number of aliphatic hydroxyl groups excluding tert-OH is 1. The Morgan fingerprint density at radius 1 is 1.06 bits per heavy atom. The molecule has 1 amide bonds. The van der Waals surface area contributed by atoms with Crippen molar-refractivity contribution < 1.29 is 23.8 Å². The lowest BCUT2D eigenvalue weighted by molar-refractivity contribution is -0.132. The average molecular weight is 419 g/mol. The molecular weight excluding hydrogens is 401 g/mol. The third-order valence-electron chi connectivity index (χ3n) is 4.84. The number of rotatable bonds is 5. The molecule has 4 rings (SSSR count). The first-order valence-corrected chi connectivity index (χ1v) is 9.58. The maximum absolute atomic E-state index is 13.5. The van der Waals surface area contributed by atoms with E-state index in [0.717, 1.165) is 4.90 Å². The minimum Gasteiger partial charge on any atom is -0.507 e. The monoisotopic (exact) mass is 419 g/mol. The zero-order valence-corrected chi connectivity index (χ0v) is 16.5. The summed E-state index contributed by atoms with van der Waals surface area (Å²) in [6, 6.07) is 12.4. The summed E-state index contributed by atoms with van der Waals surface area (Å²) >= 11 is 0. The Hall–Kier alpha value is -4.07. The fourth-order valence-electron chi connectivity index (χ4n) is 3.45. The molecule has 1 N–H and O–H groups in total. The van der Waals surface area contributed by atoms with Gasteiger partial charge in [-0.05, 0) is 55.0 Å². The summed E-state index contributed by atoms with van der Waals surface area (Å²) in [5.74, 6) is -1.98. The number of ether oxygens (including phenoxy) is 1. The first-order chi connectivity index (χ1) is 15.0. The van der Waals surface area contributed by atoms with Crippen LogP contribution in [0.3, 0.4) is 0 Å². The molecule has 0 bridgehead atoms. The number of anilines is 1. The lowest BCUT2D eigenvalue weighted by Crippen LogP contribution is -2.31. The Labute approximate surface area is 177 Å². The van der Waals surface area contributed by atoms with Crippen LogP contribution in [0.2, 0.25) is 0 Å². The molecular formula is C23H18FN3O4. The van der Waals surface area contributed by atoms with Crippen LogP contribution in [0.5, 0.6) is 5.75 Å². The van der Waals surface area contributed by atoms with E-state index in [4.69, 9.17) is 4.74 Å². The first-order valence-electron chi connectivity index (χ1n) is 9.58. The van der Waals surface area contributed by atoms with Gasteiger partial charge < -0.3 is 9.84 Å². The molecule has 0 spiro atoms. The molecule has 1 aliphatic rings. The van der Waals surface area contributed by atoms with Crippen LogP contribution < -0.4 is 9.64 Å². The van der Waals surface area contributed by atoms with Gasteiger partial charge in [0.05, 0.1) is 18.2 Å². The molecule has 7 nitrogen and oxygen atoms in total. The summed E-state index contributed by atoms with van der Waals surface area (Å²) in [5.41, 5.74) is 0.635. The topological polar surface area (TPSA) is 92.6 Å². The van der Waals surface area contributed by atoms with E-state index in [1.54, 1.807) is 30.3 Å². The van der Waals surface area contributed by atoms with Crippen LogP contribution in [-0.2, 0) is 9.59 Å². The van der Waals surface area contributed by atoms with Crippen LogP contribution in [0.25, 0.3) is 5.76 Å². The van der Waals surface area contributed by atoms with Gasteiger partial charge in [-0.15, -0.1) is 0 Å². The van der Waals surface area contributed by atoms with E-state index in [2.05, 4.69) is 9.97 Å². The smallest absolute Gasteiger partial charge is 0.302 e. The second-order valence-corrected chi connectivity index (χ2v) is 6.73. The molecule has 2 aromatic carbocycles. The van der Waals surface area contributed by atoms with Crippen molar-refractivity contribution in [2.24, 2.45) is 0 Å². The van der Waals surface area contributed by atoms with Gasteiger partial charge >= 0.3 is 5.91 Å². The minimum atomic E-state index is -1.02. The van der Waals surface area contributed by atoms with Gasteiger partial charge in [-0.2, -0.15) is 0 Å². The summed E-state index contributed by atoms with van der Waals surface area (Å²) in [5, 5.41) is 11.0. The maximum Gasteiger partial charge on any atom is 0.302 e. The van der Waals surface area contributed by atoms with Gasteiger partial charge in [0.2, 0.25) is 5.95 Å². The lowest BCUT2D eigenvalue weighted by atomic mass is 9.95. The average Bonchev–Trinajstić information content (AvgIpc) is 3.06. The number of amides is 1. The molecule has 1 aromatic heterocycles. The number of Topliss-reactive ketones (excluding diaryl/α,β-unsaturated/α-hetero) is 1. The quantitative estimate of drug-likeness (QED) is 0.386. The highest BCUT2D eigenvalue weighted by atomic mass is 19.1. The maximum atomic E-state index is 13.5. The van der Waals surface area contributed by atoms with E-state index in [1.165, 1.54) is 36.7 Å². The Morgan fingerprint density at radius 2 is 1.71 bits per heavy atom. The molecule has 1 atom stereocenters. The van der Waals surface area contributed by atoms with Gasteiger partial charge in [-0.3, -0.25) is 14.5 Å². The number of hydrogen-bond acceptors (Lipinski definition) is 6. The summed E-state index contributed by atoms with van der Waals surface area (Å²) < 4.78 is 18.9. The molecule has 1 fully saturated rings. The Balaban J connectivity index is 1.88. The van der Waals surface area contributed by atoms with Crippen molar-refractivity contribution in [1.29, 1.82) is 0 Å². The highest BCUT2D eigenvalue weighted by Crippen LogP contribution is 2.41. The van der Waals surface area contributed by atoms with E-state index in [9.17, 15) is 19.1 Å². The second-order valence-electron chi connectivity index (χ2n) is 6.73. The van der Waals surface area contributed by atoms with Crippen molar-refractivity contribution in [2.75, 3.05) is 11.5 Å². The number of aliphatic hydroxyl groups is 1. The number of ketones is 1. The lowest BCUT2D eigenvalue weighted by Gasteiger charge is -2.23. The highest BCUT2D eigenvalue weighted by molar-refractivity contribution is 6.51. The normalized spacial score (nSPS) is 17.7. The van der Waals surface area contributed by atoms with E-state index in [0.29, 0.717) is 23.5 Å². The summed E-state index contributed by atoms with van der Waals surface area (Å²) in [6.07, 6.45) is 2.88. The van der Waals surface area contributed by atoms with Gasteiger partial charge in [0.25, 0.3) is 5.78 Å². The van der Waals surface area contributed by atoms with Gasteiger partial charge in [0.15, 0.2) is 0 Å².